The van der Waals surface area contributed by atoms with E-state index in [2.05, 4.69) is 17.2 Å². The van der Waals surface area contributed by atoms with E-state index < -0.39 is 11.3 Å². The average Bonchev–Trinajstić information content (AvgIpc) is 2.81. The molecule has 1 heterocycles. The van der Waals surface area contributed by atoms with Gasteiger partial charge >= 0.3 is 0 Å². The molecule has 19 heavy (non-hydrogen) atoms. The quantitative estimate of drug-likeness (QED) is 0.694. The molecule has 0 radical (unpaired) electrons. The van der Waals surface area contributed by atoms with Crippen molar-refractivity contribution in [1.82, 2.24) is 5.32 Å². The van der Waals surface area contributed by atoms with Crippen molar-refractivity contribution in [3.63, 3.8) is 0 Å². The second kappa shape index (κ2) is 6.36. The Kier molecular flexibility index (Phi) is 5.10. The zero-order valence-corrected chi connectivity index (χ0v) is 11.6. The highest BCUT2D eigenvalue weighted by atomic mass is 32.1. The number of rotatable bonds is 4. The molecule has 0 fully saturated rings. The lowest BCUT2D eigenvalue weighted by Crippen LogP contribution is -2.42. The molecule has 6 heteroatoms. The van der Waals surface area contributed by atoms with E-state index in [0.29, 0.717) is 10.4 Å². The Labute approximate surface area is 115 Å². The number of aliphatic hydroxyl groups excluding tert-OH is 1. The topological polar surface area (TPSA) is 92.4 Å². The molecule has 0 aliphatic rings. The van der Waals surface area contributed by atoms with Gasteiger partial charge in [0.05, 0.1) is 5.41 Å². The lowest BCUT2D eigenvalue weighted by atomic mass is 9.93. The van der Waals surface area contributed by atoms with Gasteiger partial charge < -0.3 is 16.2 Å². The number of amides is 2. The Hall–Kier alpha value is -1.84. The zero-order chi connectivity index (χ0) is 14.5. The summed E-state index contributed by atoms with van der Waals surface area (Å²) < 4.78 is 0. The molecule has 2 amide bonds. The van der Waals surface area contributed by atoms with Crippen LogP contribution >= 0.6 is 11.3 Å². The van der Waals surface area contributed by atoms with Crippen LogP contribution in [0.1, 0.15) is 29.1 Å². The fraction of sp³-hybridized carbons (Fsp3) is 0.385. The summed E-state index contributed by atoms with van der Waals surface area (Å²) in [6.45, 7) is 3.23. The van der Waals surface area contributed by atoms with Crippen molar-refractivity contribution in [1.29, 1.82) is 0 Å². The Morgan fingerprint density at radius 3 is 2.79 bits per heavy atom. The molecule has 0 saturated carbocycles. The number of nitrogens with two attached hydrogens (primary N) is 1. The third-order valence-corrected chi connectivity index (χ3v) is 3.44. The molecule has 0 unspecified atom stereocenters. The first-order valence-corrected chi connectivity index (χ1v) is 6.52. The highest BCUT2D eigenvalue weighted by Gasteiger charge is 2.26. The van der Waals surface area contributed by atoms with Crippen molar-refractivity contribution in [2.24, 2.45) is 11.1 Å². The molecule has 0 bridgehead atoms. The minimum atomic E-state index is -0.802. The SMILES string of the molecule is CC(C)(CNC(=O)c1sccc1C#CCO)C(N)=O. The maximum absolute atomic E-state index is 12.0. The van der Waals surface area contributed by atoms with Gasteiger partial charge in [-0.3, -0.25) is 9.59 Å². The second-order valence-corrected chi connectivity index (χ2v) is 5.47. The maximum Gasteiger partial charge on any atom is 0.262 e. The number of aliphatic hydroxyl groups is 1. The molecule has 102 valence electrons. The fourth-order valence-electron chi connectivity index (χ4n) is 1.19. The van der Waals surface area contributed by atoms with Crippen LogP contribution in [0.2, 0.25) is 0 Å². The number of carbonyl (C=O) groups excluding carboxylic acids is 2. The summed E-state index contributed by atoms with van der Waals surface area (Å²) >= 11 is 1.25. The summed E-state index contributed by atoms with van der Waals surface area (Å²) in [5.74, 6) is 4.42. The molecule has 1 aromatic rings. The molecule has 0 atom stereocenters. The van der Waals surface area contributed by atoms with E-state index in [1.807, 2.05) is 0 Å². The van der Waals surface area contributed by atoms with Crippen LogP contribution < -0.4 is 11.1 Å². The van der Waals surface area contributed by atoms with E-state index in [4.69, 9.17) is 10.8 Å². The maximum atomic E-state index is 12.0. The lowest BCUT2D eigenvalue weighted by molar-refractivity contribution is -0.125. The number of nitrogens with one attached hydrogen (secondary N) is 1. The number of carbonyl (C=O) groups is 2. The predicted molar refractivity (Wildman–Crippen MR) is 73.6 cm³/mol. The van der Waals surface area contributed by atoms with Crippen molar-refractivity contribution >= 4 is 23.2 Å². The van der Waals surface area contributed by atoms with Gasteiger partial charge in [0.2, 0.25) is 5.91 Å². The molecule has 0 aliphatic carbocycles. The van der Waals surface area contributed by atoms with Gasteiger partial charge in [-0.1, -0.05) is 11.8 Å². The van der Waals surface area contributed by atoms with Crippen LogP contribution in [0.5, 0.6) is 0 Å². The third kappa shape index (κ3) is 4.09. The van der Waals surface area contributed by atoms with Crippen molar-refractivity contribution in [2.45, 2.75) is 13.8 Å². The van der Waals surface area contributed by atoms with Gasteiger partial charge in [0.15, 0.2) is 0 Å². The van der Waals surface area contributed by atoms with Crippen molar-refractivity contribution < 1.29 is 14.7 Å². The molecule has 0 saturated heterocycles. The van der Waals surface area contributed by atoms with E-state index >= 15 is 0 Å². The van der Waals surface area contributed by atoms with Gasteiger partial charge in [-0.05, 0) is 25.3 Å². The number of hydrogen-bond acceptors (Lipinski definition) is 4. The molecule has 1 aromatic heterocycles. The smallest absolute Gasteiger partial charge is 0.262 e. The first-order valence-electron chi connectivity index (χ1n) is 5.64. The van der Waals surface area contributed by atoms with Gasteiger partial charge in [0.1, 0.15) is 11.5 Å². The second-order valence-electron chi connectivity index (χ2n) is 4.55. The Morgan fingerprint density at radius 1 is 1.53 bits per heavy atom. The summed E-state index contributed by atoms with van der Waals surface area (Å²) in [6.07, 6.45) is 0. The number of primary amides is 1. The van der Waals surface area contributed by atoms with Crippen molar-refractivity contribution in [3.8, 4) is 11.8 Å². The Bertz CT molecular complexity index is 538. The van der Waals surface area contributed by atoms with Gasteiger partial charge in [0.25, 0.3) is 5.91 Å². The third-order valence-electron chi connectivity index (χ3n) is 2.53. The molecule has 0 aromatic carbocycles. The molecule has 0 spiro atoms. The van der Waals surface area contributed by atoms with Gasteiger partial charge in [0, 0.05) is 12.1 Å². The fourth-order valence-corrected chi connectivity index (χ4v) is 1.95. The summed E-state index contributed by atoms with van der Waals surface area (Å²) in [7, 11) is 0. The highest BCUT2D eigenvalue weighted by molar-refractivity contribution is 7.12. The monoisotopic (exact) mass is 280 g/mol. The van der Waals surface area contributed by atoms with Crippen LogP contribution in [-0.4, -0.2) is 30.1 Å². The van der Waals surface area contributed by atoms with Gasteiger partial charge in [-0.15, -0.1) is 11.3 Å². The van der Waals surface area contributed by atoms with Crippen molar-refractivity contribution in [3.05, 3.63) is 21.9 Å². The van der Waals surface area contributed by atoms with E-state index in [1.165, 1.54) is 11.3 Å². The van der Waals surface area contributed by atoms with Gasteiger partial charge in [-0.2, -0.15) is 0 Å². The molecule has 5 nitrogen and oxygen atoms in total. The predicted octanol–water partition coefficient (Wildman–Crippen LogP) is 0.333. The summed E-state index contributed by atoms with van der Waals surface area (Å²) in [5, 5.41) is 13.1. The first-order chi connectivity index (χ1) is 8.88. The number of hydrogen-bond donors (Lipinski definition) is 3. The van der Waals surface area contributed by atoms with E-state index in [9.17, 15) is 9.59 Å². The molecule has 0 aliphatic heterocycles. The lowest BCUT2D eigenvalue weighted by Gasteiger charge is -2.20. The minimum absolute atomic E-state index is 0.159. The van der Waals surface area contributed by atoms with Crippen LogP contribution in [0.3, 0.4) is 0 Å². The first kappa shape index (κ1) is 15.2. The van der Waals surface area contributed by atoms with Crippen LogP contribution in [-0.2, 0) is 4.79 Å². The van der Waals surface area contributed by atoms with Crippen LogP contribution in [0.25, 0.3) is 0 Å². The average molecular weight is 280 g/mol. The minimum Gasteiger partial charge on any atom is -0.384 e. The van der Waals surface area contributed by atoms with Crippen LogP contribution in [0, 0.1) is 17.3 Å². The molecular formula is C13H16N2O3S. The largest absolute Gasteiger partial charge is 0.384 e. The van der Waals surface area contributed by atoms with Crippen LogP contribution in [0.4, 0.5) is 0 Å². The highest BCUT2D eigenvalue weighted by Crippen LogP contribution is 2.17. The zero-order valence-electron chi connectivity index (χ0n) is 10.8. The molecule has 4 N–H and O–H groups in total. The Balaban J connectivity index is 2.75. The normalized spacial score (nSPS) is 10.5. The van der Waals surface area contributed by atoms with E-state index in [-0.39, 0.29) is 19.1 Å². The summed E-state index contributed by atoms with van der Waals surface area (Å²) in [4.78, 5) is 23.6. The van der Waals surface area contributed by atoms with E-state index in [0.717, 1.165) is 0 Å². The van der Waals surface area contributed by atoms with Crippen LogP contribution in [0.15, 0.2) is 11.4 Å². The standard InChI is InChI=1S/C13H16N2O3S/c1-13(2,12(14)18)8-15-11(17)10-9(4-3-6-16)5-7-19-10/h5,7,16H,6,8H2,1-2H3,(H2,14,18)(H,15,17). The molecule has 1 rings (SSSR count). The molecular weight excluding hydrogens is 264 g/mol. The summed E-state index contributed by atoms with van der Waals surface area (Å²) in [5.41, 5.74) is 4.99. The van der Waals surface area contributed by atoms with E-state index in [1.54, 1.807) is 25.3 Å². The van der Waals surface area contributed by atoms with Gasteiger partial charge in [-0.25, -0.2) is 0 Å². The summed E-state index contributed by atoms with van der Waals surface area (Å²) in [6, 6.07) is 1.71. The van der Waals surface area contributed by atoms with Crippen molar-refractivity contribution in [2.75, 3.05) is 13.2 Å². The number of thiophene rings is 1. The Morgan fingerprint density at radius 2 is 2.21 bits per heavy atom.